The van der Waals surface area contributed by atoms with Crippen LogP contribution in [-0.2, 0) is 6.42 Å². The molecule has 1 aromatic heterocycles. The van der Waals surface area contributed by atoms with Crippen molar-refractivity contribution in [2.45, 2.75) is 13.3 Å². The SMILES string of the molecule is CCc1ccccc1C(=O)c1c[nH]c2c(Cl)cccc12. The number of H-pyrrole nitrogens is 1. The highest BCUT2D eigenvalue weighted by Crippen LogP contribution is 2.27. The number of fused-ring (bicyclic) bond motifs is 1. The van der Waals surface area contributed by atoms with Gasteiger partial charge >= 0.3 is 0 Å². The summed E-state index contributed by atoms with van der Waals surface area (Å²) >= 11 is 6.14. The number of hydrogen-bond acceptors (Lipinski definition) is 1. The van der Waals surface area contributed by atoms with Crippen LogP contribution in [0.15, 0.2) is 48.7 Å². The third kappa shape index (κ3) is 2.02. The second-order valence-electron chi connectivity index (χ2n) is 4.70. The molecule has 0 aliphatic carbocycles. The Balaban J connectivity index is 2.16. The van der Waals surface area contributed by atoms with Crippen LogP contribution >= 0.6 is 11.6 Å². The molecule has 0 saturated heterocycles. The summed E-state index contributed by atoms with van der Waals surface area (Å²) in [6.45, 7) is 2.05. The minimum Gasteiger partial charge on any atom is -0.359 e. The Morgan fingerprint density at radius 3 is 2.70 bits per heavy atom. The molecule has 0 radical (unpaired) electrons. The molecule has 3 heteroatoms. The summed E-state index contributed by atoms with van der Waals surface area (Å²) in [6, 6.07) is 13.3. The van der Waals surface area contributed by atoms with Gasteiger partial charge in [0.15, 0.2) is 5.78 Å². The highest BCUT2D eigenvalue weighted by atomic mass is 35.5. The van der Waals surface area contributed by atoms with Gasteiger partial charge in [-0.05, 0) is 18.1 Å². The fourth-order valence-electron chi connectivity index (χ4n) is 2.50. The van der Waals surface area contributed by atoms with Gasteiger partial charge in [0.1, 0.15) is 0 Å². The van der Waals surface area contributed by atoms with Gasteiger partial charge in [-0.3, -0.25) is 4.79 Å². The number of ketones is 1. The zero-order valence-corrected chi connectivity index (χ0v) is 11.9. The van der Waals surface area contributed by atoms with E-state index in [4.69, 9.17) is 11.6 Å². The first-order valence-electron chi connectivity index (χ1n) is 6.60. The van der Waals surface area contributed by atoms with E-state index in [1.807, 2.05) is 42.5 Å². The monoisotopic (exact) mass is 283 g/mol. The summed E-state index contributed by atoms with van der Waals surface area (Å²) in [4.78, 5) is 15.8. The van der Waals surface area contributed by atoms with E-state index in [0.29, 0.717) is 10.6 Å². The van der Waals surface area contributed by atoms with Gasteiger partial charge in [0, 0.05) is 22.7 Å². The van der Waals surface area contributed by atoms with E-state index in [1.54, 1.807) is 6.20 Å². The van der Waals surface area contributed by atoms with Gasteiger partial charge in [0.25, 0.3) is 0 Å². The molecule has 0 saturated carbocycles. The van der Waals surface area contributed by atoms with Crippen molar-refractivity contribution in [2.75, 3.05) is 0 Å². The number of carbonyl (C=O) groups is 1. The minimum atomic E-state index is 0.0379. The second kappa shape index (κ2) is 5.14. The molecular formula is C17H14ClNO. The van der Waals surface area contributed by atoms with E-state index in [-0.39, 0.29) is 5.78 Å². The summed E-state index contributed by atoms with van der Waals surface area (Å²) in [7, 11) is 0. The fraction of sp³-hybridized carbons (Fsp3) is 0.118. The molecule has 2 nitrogen and oxygen atoms in total. The number of halogens is 1. The minimum absolute atomic E-state index is 0.0379. The van der Waals surface area contributed by atoms with Crippen molar-refractivity contribution in [2.24, 2.45) is 0 Å². The largest absolute Gasteiger partial charge is 0.359 e. The molecule has 2 aromatic carbocycles. The van der Waals surface area contributed by atoms with Crippen LogP contribution in [0, 0.1) is 0 Å². The number of carbonyl (C=O) groups excluding carboxylic acids is 1. The molecule has 0 spiro atoms. The van der Waals surface area contributed by atoms with Crippen LogP contribution in [0.25, 0.3) is 10.9 Å². The Morgan fingerprint density at radius 1 is 1.10 bits per heavy atom. The number of aromatic amines is 1. The molecule has 3 rings (SSSR count). The van der Waals surface area contributed by atoms with Crippen molar-refractivity contribution in [1.82, 2.24) is 4.98 Å². The third-order valence-corrected chi connectivity index (χ3v) is 3.87. The molecule has 0 fully saturated rings. The Hall–Kier alpha value is -2.06. The molecule has 1 heterocycles. The molecule has 0 bridgehead atoms. The summed E-state index contributed by atoms with van der Waals surface area (Å²) in [5.74, 6) is 0.0379. The molecule has 0 aliphatic heterocycles. The lowest BCUT2D eigenvalue weighted by atomic mass is 9.97. The maximum atomic E-state index is 12.7. The molecule has 0 amide bonds. The maximum absolute atomic E-state index is 12.7. The van der Waals surface area contributed by atoms with Gasteiger partial charge in [-0.15, -0.1) is 0 Å². The highest BCUT2D eigenvalue weighted by molar-refractivity contribution is 6.35. The zero-order chi connectivity index (χ0) is 14.1. The number of aryl methyl sites for hydroxylation is 1. The zero-order valence-electron chi connectivity index (χ0n) is 11.1. The fourth-order valence-corrected chi connectivity index (χ4v) is 2.73. The first-order chi connectivity index (χ1) is 9.72. The average Bonchev–Trinajstić information content (AvgIpc) is 2.92. The predicted octanol–water partition coefficient (Wildman–Crippen LogP) is 4.61. The number of nitrogens with one attached hydrogen (secondary N) is 1. The van der Waals surface area contributed by atoms with Crippen molar-refractivity contribution in [3.05, 3.63) is 70.4 Å². The first kappa shape index (κ1) is 12.9. The third-order valence-electron chi connectivity index (χ3n) is 3.55. The second-order valence-corrected chi connectivity index (χ2v) is 5.11. The van der Waals surface area contributed by atoms with Crippen LogP contribution < -0.4 is 0 Å². The van der Waals surface area contributed by atoms with E-state index in [1.165, 1.54) is 0 Å². The number of aromatic nitrogens is 1. The quantitative estimate of drug-likeness (QED) is 0.699. The number of hydrogen-bond donors (Lipinski definition) is 1. The Morgan fingerprint density at radius 2 is 1.90 bits per heavy atom. The molecule has 0 unspecified atom stereocenters. The first-order valence-corrected chi connectivity index (χ1v) is 6.98. The molecule has 1 N–H and O–H groups in total. The van der Waals surface area contributed by atoms with Crippen LogP contribution in [0.2, 0.25) is 5.02 Å². The van der Waals surface area contributed by atoms with Crippen LogP contribution in [0.1, 0.15) is 28.4 Å². The van der Waals surface area contributed by atoms with Crippen LogP contribution in [0.5, 0.6) is 0 Å². The Bertz CT molecular complexity index is 789. The molecule has 0 atom stereocenters. The van der Waals surface area contributed by atoms with Gasteiger partial charge in [-0.1, -0.05) is 54.9 Å². The van der Waals surface area contributed by atoms with Crippen molar-refractivity contribution in [1.29, 1.82) is 0 Å². The van der Waals surface area contributed by atoms with Gasteiger partial charge < -0.3 is 4.98 Å². The van der Waals surface area contributed by atoms with Crippen molar-refractivity contribution >= 4 is 28.3 Å². The van der Waals surface area contributed by atoms with E-state index in [2.05, 4.69) is 11.9 Å². The maximum Gasteiger partial charge on any atom is 0.195 e. The van der Waals surface area contributed by atoms with Gasteiger partial charge in [-0.2, -0.15) is 0 Å². The van der Waals surface area contributed by atoms with Crippen LogP contribution in [0.3, 0.4) is 0 Å². The summed E-state index contributed by atoms with van der Waals surface area (Å²) in [6.07, 6.45) is 2.58. The topological polar surface area (TPSA) is 32.9 Å². The number of benzene rings is 2. The van der Waals surface area contributed by atoms with Crippen LogP contribution in [0.4, 0.5) is 0 Å². The molecule has 20 heavy (non-hydrogen) atoms. The van der Waals surface area contributed by atoms with E-state index < -0.39 is 0 Å². The van der Waals surface area contributed by atoms with Gasteiger partial charge in [0.05, 0.1) is 10.5 Å². The highest BCUT2D eigenvalue weighted by Gasteiger charge is 2.17. The number of para-hydroxylation sites is 1. The van der Waals surface area contributed by atoms with Crippen molar-refractivity contribution in [3.8, 4) is 0 Å². The predicted molar refractivity (Wildman–Crippen MR) is 82.6 cm³/mol. The van der Waals surface area contributed by atoms with Gasteiger partial charge in [-0.25, -0.2) is 0 Å². The van der Waals surface area contributed by atoms with Crippen molar-refractivity contribution < 1.29 is 4.79 Å². The van der Waals surface area contributed by atoms with E-state index in [0.717, 1.165) is 28.5 Å². The number of rotatable bonds is 3. The smallest absolute Gasteiger partial charge is 0.195 e. The van der Waals surface area contributed by atoms with E-state index >= 15 is 0 Å². The molecule has 100 valence electrons. The standard InChI is InChI=1S/C17H14ClNO/c1-2-11-6-3-4-7-12(11)17(20)14-10-19-16-13(14)8-5-9-15(16)18/h3-10,19H,2H2,1H3. The van der Waals surface area contributed by atoms with E-state index in [9.17, 15) is 4.79 Å². The Kier molecular flexibility index (Phi) is 3.33. The Labute approximate surface area is 122 Å². The lowest BCUT2D eigenvalue weighted by molar-refractivity contribution is 0.103. The lowest BCUT2D eigenvalue weighted by Gasteiger charge is -2.05. The normalized spacial score (nSPS) is 10.9. The lowest BCUT2D eigenvalue weighted by Crippen LogP contribution is -2.04. The molecule has 3 aromatic rings. The van der Waals surface area contributed by atoms with Crippen LogP contribution in [-0.4, -0.2) is 10.8 Å². The summed E-state index contributed by atoms with van der Waals surface area (Å²) in [5, 5.41) is 1.50. The molecular weight excluding hydrogens is 270 g/mol. The molecule has 0 aliphatic rings. The summed E-state index contributed by atoms with van der Waals surface area (Å²) in [5.41, 5.74) is 3.31. The summed E-state index contributed by atoms with van der Waals surface area (Å²) < 4.78 is 0. The average molecular weight is 284 g/mol. The van der Waals surface area contributed by atoms with Gasteiger partial charge in [0.2, 0.25) is 0 Å². The van der Waals surface area contributed by atoms with Crippen molar-refractivity contribution in [3.63, 3.8) is 0 Å².